The van der Waals surface area contributed by atoms with E-state index < -0.39 is 5.60 Å². The highest BCUT2D eigenvalue weighted by atomic mass is 16.3. The van der Waals surface area contributed by atoms with Crippen molar-refractivity contribution in [1.82, 2.24) is 4.90 Å². The average Bonchev–Trinajstić information content (AvgIpc) is 3.05. The Hall–Kier alpha value is -3.89. The van der Waals surface area contributed by atoms with Crippen LogP contribution in [0.25, 0.3) is 0 Å². The van der Waals surface area contributed by atoms with Gasteiger partial charge in [0.2, 0.25) is 0 Å². The number of unbranched alkanes of at least 4 members (excludes halogenated alkanes) is 1. The van der Waals surface area contributed by atoms with E-state index in [1.165, 1.54) is 5.69 Å². The van der Waals surface area contributed by atoms with Gasteiger partial charge in [-0.3, -0.25) is 4.79 Å². The SMILES string of the molecule is CCCCN(C)C(=O)c1ccccc1.OC(c1ccccc1)(c1ccccc1)C1CCN(c2ccccc2)CC1. The summed E-state index contributed by atoms with van der Waals surface area (Å²) >= 11 is 0. The predicted octanol–water partition coefficient (Wildman–Crippen LogP) is 7.40. The number of amides is 1. The van der Waals surface area contributed by atoms with Crippen molar-refractivity contribution in [3.63, 3.8) is 0 Å². The largest absolute Gasteiger partial charge is 0.380 e. The molecule has 0 spiro atoms. The molecule has 0 saturated carbocycles. The fraction of sp³-hybridized carbons (Fsp3) is 0.306. The molecule has 0 radical (unpaired) electrons. The summed E-state index contributed by atoms with van der Waals surface area (Å²) in [5.41, 5.74) is 3.08. The zero-order chi connectivity index (χ0) is 28.2. The molecule has 4 heteroatoms. The molecule has 1 fully saturated rings. The topological polar surface area (TPSA) is 43.8 Å². The van der Waals surface area contributed by atoms with Crippen molar-refractivity contribution in [3.8, 4) is 0 Å². The lowest BCUT2D eigenvalue weighted by Gasteiger charge is -2.43. The van der Waals surface area contributed by atoms with Crippen molar-refractivity contribution < 1.29 is 9.90 Å². The Morgan fingerprint density at radius 2 is 1.23 bits per heavy atom. The monoisotopic (exact) mass is 534 g/mol. The first-order valence-corrected chi connectivity index (χ1v) is 14.5. The second-order valence-corrected chi connectivity index (χ2v) is 10.5. The van der Waals surface area contributed by atoms with Crippen LogP contribution in [0.15, 0.2) is 121 Å². The summed E-state index contributed by atoms with van der Waals surface area (Å²) in [5.74, 6) is 0.311. The molecule has 40 heavy (non-hydrogen) atoms. The maximum absolute atomic E-state index is 11.9. The van der Waals surface area contributed by atoms with Gasteiger partial charge in [-0.25, -0.2) is 0 Å². The smallest absolute Gasteiger partial charge is 0.253 e. The van der Waals surface area contributed by atoms with E-state index in [1.54, 1.807) is 4.90 Å². The van der Waals surface area contributed by atoms with E-state index in [0.29, 0.717) is 0 Å². The molecule has 1 aliphatic rings. The van der Waals surface area contributed by atoms with E-state index in [4.69, 9.17) is 0 Å². The highest BCUT2D eigenvalue weighted by Gasteiger charge is 2.41. The van der Waals surface area contributed by atoms with Crippen LogP contribution in [-0.4, -0.2) is 42.6 Å². The van der Waals surface area contributed by atoms with Crippen LogP contribution in [0.1, 0.15) is 54.1 Å². The minimum atomic E-state index is -0.939. The summed E-state index contributed by atoms with van der Waals surface area (Å²) in [5, 5.41) is 11.9. The molecular formula is C36H42N2O2. The third-order valence-electron chi connectivity index (χ3n) is 7.85. The molecule has 4 nitrogen and oxygen atoms in total. The molecule has 4 aromatic carbocycles. The minimum Gasteiger partial charge on any atom is -0.380 e. The number of aliphatic hydroxyl groups is 1. The van der Waals surface area contributed by atoms with Crippen LogP contribution in [-0.2, 0) is 5.60 Å². The Labute approximate surface area is 239 Å². The Balaban J connectivity index is 0.000000224. The van der Waals surface area contributed by atoms with E-state index in [1.807, 2.05) is 73.8 Å². The second-order valence-electron chi connectivity index (χ2n) is 10.5. The van der Waals surface area contributed by atoms with Gasteiger partial charge in [0.05, 0.1) is 0 Å². The quantitative estimate of drug-likeness (QED) is 0.256. The fourth-order valence-electron chi connectivity index (χ4n) is 5.51. The van der Waals surface area contributed by atoms with Crippen molar-refractivity contribution >= 4 is 11.6 Å². The van der Waals surface area contributed by atoms with Gasteiger partial charge in [0.1, 0.15) is 5.60 Å². The van der Waals surface area contributed by atoms with Crippen molar-refractivity contribution in [2.45, 2.75) is 38.2 Å². The zero-order valence-corrected chi connectivity index (χ0v) is 23.8. The van der Waals surface area contributed by atoms with Crippen molar-refractivity contribution in [3.05, 3.63) is 138 Å². The molecule has 0 unspecified atom stereocenters. The molecule has 5 rings (SSSR count). The van der Waals surface area contributed by atoms with Crippen LogP contribution in [0.2, 0.25) is 0 Å². The first-order valence-electron chi connectivity index (χ1n) is 14.5. The van der Waals surface area contributed by atoms with E-state index in [0.717, 1.165) is 62.0 Å². The third-order valence-corrected chi connectivity index (χ3v) is 7.85. The van der Waals surface area contributed by atoms with Gasteiger partial charge in [-0.05, 0) is 60.6 Å². The number of anilines is 1. The summed E-state index contributed by atoms with van der Waals surface area (Å²) in [6.45, 7) is 4.90. The van der Waals surface area contributed by atoms with E-state index in [9.17, 15) is 9.90 Å². The van der Waals surface area contributed by atoms with Crippen LogP contribution in [0.5, 0.6) is 0 Å². The molecule has 0 aromatic heterocycles. The number of para-hydroxylation sites is 1. The lowest BCUT2D eigenvalue weighted by atomic mass is 9.72. The molecule has 208 valence electrons. The third kappa shape index (κ3) is 7.19. The van der Waals surface area contributed by atoms with Gasteiger partial charge in [-0.15, -0.1) is 0 Å². The van der Waals surface area contributed by atoms with Crippen LogP contribution in [0.3, 0.4) is 0 Å². The lowest BCUT2D eigenvalue weighted by Crippen LogP contribution is -2.44. The van der Waals surface area contributed by atoms with Gasteiger partial charge < -0.3 is 14.9 Å². The number of piperidine rings is 1. The molecular weight excluding hydrogens is 492 g/mol. The highest BCUT2D eigenvalue weighted by molar-refractivity contribution is 5.93. The van der Waals surface area contributed by atoms with Crippen molar-refractivity contribution in [2.24, 2.45) is 5.92 Å². The summed E-state index contributed by atoms with van der Waals surface area (Å²) in [7, 11) is 1.85. The zero-order valence-electron chi connectivity index (χ0n) is 23.8. The number of hydrogen-bond acceptors (Lipinski definition) is 3. The Morgan fingerprint density at radius 3 is 1.70 bits per heavy atom. The Kier molecular flexibility index (Phi) is 10.5. The number of hydrogen-bond donors (Lipinski definition) is 1. The lowest BCUT2D eigenvalue weighted by molar-refractivity contribution is 0.00505. The maximum Gasteiger partial charge on any atom is 0.253 e. The van der Waals surface area contributed by atoms with Gasteiger partial charge in [-0.1, -0.05) is 110 Å². The molecule has 0 atom stereocenters. The van der Waals surface area contributed by atoms with Crippen LogP contribution in [0, 0.1) is 5.92 Å². The normalized spacial score (nSPS) is 13.7. The molecule has 1 saturated heterocycles. The number of benzene rings is 4. The van der Waals surface area contributed by atoms with Gasteiger partial charge in [-0.2, -0.15) is 0 Å². The fourth-order valence-corrected chi connectivity index (χ4v) is 5.51. The molecule has 1 aliphatic heterocycles. The summed E-state index contributed by atoms with van der Waals surface area (Å²) in [6, 6.07) is 40.3. The summed E-state index contributed by atoms with van der Waals surface area (Å²) < 4.78 is 0. The Bertz CT molecular complexity index is 1230. The van der Waals surface area contributed by atoms with Crippen molar-refractivity contribution in [2.75, 3.05) is 31.6 Å². The average molecular weight is 535 g/mol. The van der Waals surface area contributed by atoms with Gasteiger partial charge in [0, 0.05) is 37.9 Å². The van der Waals surface area contributed by atoms with Gasteiger partial charge >= 0.3 is 0 Å². The van der Waals surface area contributed by atoms with Crippen molar-refractivity contribution in [1.29, 1.82) is 0 Å². The minimum absolute atomic E-state index is 0.110. The number of nitrogens with zero attached hydrogens (tertiary/aromatic N) is 2. The van der Waals surface area contributed by atoms with E-state index in [-0.39, 0.29) is 11.8 Å². The molecule has 4 aromatic rings. The Morgan fingerprint density at radius 1 is 0.775 bits per heavy atom. The van der Waals surface area contributed by atoms with Crippen LogP contribution in [0.4, 0.5) is 5.69 Å². The molecule has 0 aliphatic carbocycles. The number of carbonyl (C=O) groups excluding carboxylic acids is 1. The molecule has 0 bridgehead atoms. The molecule has 1 N–H and O–H groups in total. The number of carbonyl (C=O) groups is 1. The first-order chi connectivity index (χ1) is 19.5. The number of rotatable bonds is 8. The summed E-state index contributed by atoms with van der Waals surface area (Å²) in [4.78, 5) is 16.0. The highest BCUT2D eigenvalue weighted by Crippen LogP contribution is 2.42. The predicted molar refractivity (Wildman–Crippen MR) is 166 cm³/mol. The van der Waals surface area contributed by atoms with Crippen LogP contribution >= 0.6 is 0 Å². The van der Waals surface area contributed by atoms with Gasteiger partial charge in [0.15, 0.2) is 0 Å². The van der Waals surface area contributed by atoms with Crippen LogP contribution < -0.4 is 4.90 Å². The second kappa shape index (κ2) is 14.5. The molecule has 1 amide bonds. The van der Waals surface area contributed by atoms with E-state index in [2.05, 4.69) is 66.4 Å². The summed E-state index contributed by atoms with van der Waals surface area (Å²) in [6.07, 6.45) is 4.12. The van der Waals surface area contributed by atoms with E-state index >= 15 is 0 Å². The standard InChI is InChI=1S/C24H25NO.C12H17NO/c26-24(20-10-4-1-5-11-20,21-12-6-2-7-13-21)22-16-18-25(19-17-22)23-14-8-3-9-15-23;1-3-4-10-13(2)12(14)11-8-6-5-7-9-11/h1-15,22,26H,16-19H2;5-9H,3-4,10H2,1-2H3. The van der Waals surface area contributed by atoms with Gasteiger partial charge in [0.25, 0.3) is 5.91 Å². The molecule has 1 heterocycles. The maximum atomic E-state index is 11.9. The first kappa shape index (κ1) is 29.1.